The van der Waals surface area contributed by atoms with Crippen LogP contribution in [0.3, 0.4) is 0 Å². The highest BCUT2D eigenvalue weighted by atomic mass is 16.5. The van der Waals surface area contributed by atoms with Crippen LogP contribution in [0.2, 0.25) is 0 Å². The molecule has 7 nitrogen and oxygen atoms in total. The number of carbonyl (C=O) groups is 1. The summed E-state index contributed by atoms with van der Waals surface area (Å²) in [6.07, 6.45) is 4.24. The number of para-hydroxylation sites is 1. The summed E-state index contributed by atoms with van der Waals surface area (Å²) in [5.41, 5.74) is 3.48. The van der Waals surface area contributed by atoms with Crippen LogP contribution in [-0.4, -0.2) is 29.3 Å². The molecule has 0 fully saturated rings. The highest BCUT2D eigenvalue weighted by Crippen LogP contribution is 2.28. The Hall–Kier alpha value is -3.61. The molecule has 0 saturated heterocycles. The second kappa shape index (κ2) is 8.18. The Bertz CT molecular complexity index is 1060. The first-order valence-electron chi connectivity index (χ1n) is 8.38. The molecule has 0 spiro atoms. The smallest absolute Gasteiger partial charge is 0.280 e. The Morgan fingerprint density at radius 2 is 2.04 bits per heavy atom. The number of fused-ring (bicyclic) bond motifs is 1. The van der Waals surface area contributed by atoms with Gasteiger partial charge in [0.05, 0.1) is 24.6 Å². The number of aromatic nitrogens is 2. The van der Waals surface area contributed by atoms with Crippen LogP contribution in [0.1, 0.15) is 12.5 Å². The number of ether oxygens (including phenoxy) is 2. The number of amides is 1. The van der Waals surface area contributed by atoms with Gasteiger partial charge < -0.3 is 9.47 Å². The van der Waals surface area contributed by atoms with E-state index in [4.69, 9.17) is 9.47 Å². The third-order valence-corrected chi connectivity index (χ3v) is 3.81. The van der Waals surface area contributed by atoms with E-state index in [9.17, 15) is 9.59 Å². The molecular formula is C20H19N3O4. The van der Waals surface area contributed by atoms with E-state index >= 15 is 0 Å². The molecule has 3 rings (SSSR count). The van der Waals surface area contributed by atoms with Crippen molar-refractivity contribution >= 4 is 22.9 Å². The van der Waals surface area contributed by atoms with Crippen molar-refractivity contribution < 1.29 is 14.3 Å². The minimum atomic E-state index is -0.456. The zero-order chi connectivity index (χ0) is 19.2. The van der Waals surface area contributed by atoms with Gasteiger partial charge in [0.25, 0.3) is 11.5 Å². The maximum Gasteiger partial charge on any atom is 0.280 e. The number of rotatable bonds is 6. The van der Waals surface area contributed by atoms with Gasteiger partial charge in [0.15, 0.2) is 11.5 Å². The molecule has 7 heteroatoms. The topological polar surface area (TPSA) is 82.5 Å². The van der Waals surface area contributed by atoms with Gasteiger partial charge in [-0.25, -0.2) is 9.66 Å². The van der Waals surface area contributed by atoms with Crippen molar-refractivity contribution in [2.75, 3.05) is 19.1 Å². The average Bonchev–Trinajstić information content (AvgIpc) is 2.69. The molecule has 2 aromatic carbocycles. The summed E-state index contributed by atoms with van der Waals surface area (Å²) in [5, 5.41) is 0.431. The van der Waals surface area contributed by atoms with Gasteiger partial charge in [-0.2, -0.15) is 0 Å². The van der Waals surface area contributed by atoms with Crippen molar-refractivity contribution in [3.63, 3.8) is 0 Å². The van der Waals surface area contributed by atoms with Crippen molar-refractivity contribution in [3.05, 3.63) is 70.8 Å². The fourth-order valence-corrected chi connectivity index (χ4v) is 2.54. The van der Waals surface area contributed by atoms with Crippen molar-refractivity contribution in [2.24, 2.45) is 0 Å². The lowest BCUT2D eigenvalue weighted by Crippen LogP contribution is -2.32. The molecule has 138 valence electrons. The molecule has 1 heterocycles. The number of hydrogen-bond donors (Lipinski definition) is 1. The van der Waals surface area contributed by atoms with Crippen molar-refractivity contribution in [3.8, 4) is 11.5 Å². The second-order valence-corrected chi connectivity index (χ2v) is 5.59. The lowest BCUT2D eigenvalue weighted by Gasteiger charge is -2.09. The Morgan fingerprint density at radius 1 is 1.22 bits per heavy atom. The summed E-state index contributed by atoms with van der Waals surface area (Å²) in [5.74, 6) is 0.756. The van der Waals surface area contributed by atoms with E-state index in [0.29, 0.717) is 29.0 Å². The first-order chi connectivity index (χ1) is 13.1. The first kappa shape index (κ1) is 18.2. The molecule has 0 unspecified atom stereocenters. The van der Waals surface area contributed by atoms with Crippen molar-refractivity contribution in [1.29, 1.82) is 0 Å². The lowest BCUT2D eigenvalue weighted by atomic mass is 10.2. The summed E-state index contributed by atoms with van der Waals surface area (Å²) in [4.78, 5) is 28.7. The third-order valence-electron chi connectivity index (χ3n) is 3.81. The van der Waals surface area contributed by atoms with Crippen molar-refractivity contribution in [2.45, 2.75) is 6.92 Å². The van der Waals surface area contributed by atoms with E-state index in [1.807, 2.05) is 6.92 Å². The van der Waals surface area contributed by atoms with E-state index in [0.717, 1.165) is 10.2 Å². The van der Waals surface area contributed by atoms with Crippen LogP contribution in [0.4, 0.5) is 0 Å². The minimum Gasteiger partial charge on any atom is -0.493 e. The Labute approximate surface area is 155 Å². The van der Waals surface area contributed by atoms with Crippen LogP contribution in [0.5, 0.6) is 11.5 Å². The van der Waals surface area contributed by atoms with Gasteiger partial charge in [-0.3, -0.25) is 15.0 Å². The quantitative estimate of drug-likeness (QED) is 0.679. The summed E-state index contributed by atoms with van der Waals surface area (Å²) >= 11 is 0. The normalized spacial score (nSPS) is 10.9. The monoisotopic (exact) mass is 365 g/mol. The first-order valence-corrected chi connectivity index (χ1v) is 8.38. The lowest BCUT2D eigenvalue weighted by molar-refractivity contribution is -0.112. The molecule has 0 saturated carbocycles. The summed E-state index contributed by atoms with van der Waals surface area (Å²) < 4.78 is 11.8. The zero-order valence-corrected chi connectivity index (χ0v) is 15.0. The molecule has 0 atom stereocenters. The van der Waals surface area contributed by atoms with Crippen molar-refractivity contribution in [1.82, 2.24) is 9.66 Å². The van der Waals surface area contributed by atoms with Gasteiger partial charge in [-0.05, 0) is 42.8 Å². The van der Waals surface area contributed by atoms with Gasteiger partial charge >= 0.3 is 0 Å². The summed E-state index contributed by atoms with van der Waals surface area (Å²) in [7, 11) is 1.55. The molecule has 0 aliphatic rings. The minimum absolute atomic E-state index is 0.343. The predicted molar refractivity (Wildman–Crippen MR) is 104 cm³/mol. The largest absolute Gasteiger partial charge is 0.493 e. The Balaban J connectivity index is 1.76. The van der Waals surface area contributed by atoms with Gasteiger partial charge in [0.2, 0.25) is 0 Å². The van der Waals surface area contributed by atoms with Crippen LogP contribution in [0, 0.1) is 0 Å². The highest BCUT2D eigenvalue weighted by molar-refractivity contribution is 5.97. The number of carbonyl (C=O) groups excluding carboxylic acids is 1. The van der Waals surface area contributed by atoms with Crippen LogP contribution in [0.25, 0.3) is 17.0 Å². The number of nitrogens with one attached hydrogen (secondary N) is 1. The third kappa shape index (κ3) is 4.14. The van der Waals surface area contributed by atoms with Crippen LogP contribution >= 0.6 is 0 Å². The zero-order valence-electron chi connectivity index (χ0n) is 15.0. The molecule has 0 aliphatic heterocycles. The molecule has 0 radical (unpaired) electrons. The van der Waals surface area contributed by atoms with Crippen LogP contribution < -0.4 is 20.5 Å². The molecule has 0 bridgehead atoms. The highest BCUT2D eigenvalue weighted by Gasteiger charge is 2.06. The molecule has 1 aromatic heterocycles. The second-order valence-electron chi connectivity index (χ2n) is 5.59. The summed E-state index contributed by atoms with van der Waals surface area (Å²) in [6, 6.07) is 12.3. The van der Waals surface area contributed by atoms with E-state index < -0.39 is 5.91 Å². The van der Waals surface area contributed by atoms with Crippen LogP contribution in [-0.2, 0) is 4.79 Å². The molecular weight excluding hydrogens is 346 g/mol. The fraction of sp³-hybridized carbons (Fsp3) is 0.150. The molecule has 0 aliphatic carbocycles. The standard InChI is InChI=1S/C20H19N3O4/c1-3-27-17-10-8-14(12-18(17)26-2)9-11-19(24)22-23-13-21-16-7-5-4-6-15(16)20(23)25/h4-13H,3H2,1-2H3,(H,22,24)/b11-9+. The maximum absolute atomic E-state index is 12.4. The molecule has 3 aromatic rings. The van der Waals surface area contributed by atoms with E-state index in [-0.39, 0.29) is 5.56 Å². The summed E-state index contributed by atoms with van der Waals surface area (Å²) in [6.45, 7) is 2.42. The number of methoxy groups -OCH3 is 1. The SMILES string of the molecule is CCOc1ccc(/C=C/C(=O)Nn2cnc3ccccc3c2=O)cc1OC. The van der Waals surface area contributed by atoms with Gasteiger partial charge in [0.1, 0.15) is 6.33 Å². The maximum atomic E-state index is 12.4. The Morgan fingerprint density at radius 3 is 2.81 bits per heavy atom. The fourth-order valence-electron chi connectivity index (χ4n) is 2.54. The van der Waals surface area contributed by atoms with E-state index in [2.05, 4.69) is 10.4 Å². The molecule has 27 heavy (non-hydrogen) atoms. The number of hydrogen-bond acceptors (Lipinski definition) is 5. The number of nitrogens with zero attached hydrogens (tertiary/aromatic N) is 2. The van der Waals surface area contributed by atoms with Gasteiger partial charge in [0, 0.05) is 6.08 Å². The molecule has 1 amide bonds. The van der Waals surface area contributed by atoms with E-state index in [1.165, 1.54) is 12.4 Å². The molecule has 1 N–H and O–H groups in total. The van der Waals surface area contributed by atoms with Gasteiger partial charge in [-0.15, -0.1) is 0 Å². The number of benzene rings is 2. The van der Waals surface area contributed by atoms with Gasteiger partial charge in [-0.1, -0.05) is 18.2 Å². The average molecular weight is 365 g/mol. The Kier molecular flexibility index (Phi) is 5.51. The predicted octanol–water partition coefficient (Wildman–Crippen LogP) is 2.59. The van der Waals surface area contributed by atoms with Crippen LogP contribution in [0.15, 0.2) is 59.7 Å². The van der Waals surface area contributed by atoms with E-state index in [1.54, 1.807) is 55.7 Å².